The largest absolute Gasteiger partial charge is 0.353 e. The van der Waals surface area contributed by atoms with Gasteiger partial charge in [-0.05, 0) is 81.5 Å². The molecule has 0 radical (unpaired) electrons. The molecule has 5 saturated carbocycles. The summed E-state index contributed by atoms with van der Waals surface area (Å²) in [5, 5.41) is 13.3. The Morgan fingerprint density at radius 1 is 1.07 bits per heavy atom. The maximum atomic E-state index is 12.4. The van der Waals surface area contributed by atoms with Gasteiger partial charge in [0, 0.05) is 19.0 Å². The van der Waals surface area contributed by atoms with Gasteiger partial charge in [0.15, 0.2) is 5.16 Å². The first-order valence-electron chi connectivity index (χ1n) is 12.0. The number of hydrogen-bond donors (Lipinski definition) is 1. The van der Waals surface area contributed by atoms with Crippen molar-refractivity contribution in [2.45, 2.75) is 102 Å². The summed E-state index contributed by atoms with van der Waals surface area (Å²) in [6, 6.07) is 0.382. The highest BCUT2D eigenvalue weighted by Crippen LogP contribution is 2.61. The minimum Gasteiger partial charge on any atom is -0.353 e. The van der Waals surface area contributed by atoms with E-state index in [9.17, 15) is 4.79 Å². The molecule has 1 aromatic rings. The molecule has 4 bridgehead atoms. The number of carbonyl (C=O) groups is 1. The van der Waals surface area contributed by atoms with Gasteiger partial charge in [-0.2, -0.15) is 0 Å². The van der Waals surface area contributed by atoms with Gasteiger partial charge in [0.2, 0.25) is 5.91 Å². The van der Waals surface area contributed by atoms with Crippen LogP contribution < -0.4 is 5.32 Å². The van der Waals surface area contributed by atoms with Crippen LogP contribution in [-0.4, -0.2) is 32.5 Å². The van der Waals surface area contributed by atoms with Crippen LogP contribution in [0.15, 0.2) is 5.16 Å². The zero-order chi connectivity index (χ0) is 19.8. The molecule has 1 aromatic heterocycles. The molecule has 5 nitrogen and oxygen atoms in total. The van der Waals surface area contributed by atoms with Crippen LogP contribution in [0.5, 0.6) is 0 Å². The third-order valence-electron chi connectivity index (χ3n) is 8.11. The molecule has 5 aliphatic rings. The van der Waals surface area contributed by atoms with Crippen LogP contribution in [0, 0.1) is 23.2 Å². The van der Waals surface area contributed by atoms with Gasteiger partial charge < -0.3 is 9.88 Å². The Balaban J connectivity index is 1.21. The van der Waals surface area contributed by atoms with Gasteiger partial charge in [0.05, 0.1) is 5.75 Å². The number of nitrogens with one attached hydrogen (secondary N) is 1. The summed E-state index contributed by atoms with van der Waals surface area (Å²) in [6.07, 6.45) is 15.8. The van der Waals surface area contributed by atoms with Gasteiger partial charge in [-0.3, -0.25) is 4.79 Å². The lowest BCUT2D eigenvalue weighted by Crippen LogP contribution is -2.47. The summed E-state index contributed by atoms with van der Waals surface area (Å²) in [7, 11) is 0. The monoisotopic (exact) mass is 416 g/mol. The second-order valence-corrected chi connectivity index (χ2v) is 11.4. The molecule has 1 heterocycles. The minimum absolute atomic E-state index is 0.148. The minimum atomic E-state index is 0.148. The van der Waals surface area contributed by atoms with Crippen LogP contribution in [0.2, 0.25) is 0 Å². The molecular formula is C23H36N4OS. The molecule has 0 unspecified atom stereocenters. The molecule has 1 amide bonds. The SMILES string of the molecule is CCn1c(CC23CC4CC(CC(C4)C2)C3)nnc1SCC(=O)NC1CCCCC1. The fourth-order valence-electron chi connectivity index (χ4n) is 7.36. The Labute approximate surface area is 179 Å². The van der Waals surface area contributed by atoms with E-state index in [0.717, 1.165) is 54.5 Å². The molecule has 160 valence electrons. The Kier molecular flexibility index (Phi) is 5.65. The Hall–Kier alpha value is -1.04. The van der Waals surface area contributed by atoms with Crippen molar-refractivity contribution in [1.82, 2.24) is 20.1 Å². The van der Waals surface area contributed by atoms with Crippen molar-refractivity contribution in [3.63, 3.8) is 0 Å². The van der Waals surface area contributed by atoms with Crippen LogP contribution >= 0.6 is 11.8 Å². The first-order valence-corrected chi connectivity index (χ1v) is 13.0. The van der Waals surface area contributed by atoms with E-state index >= 15 is 0 Å². The van der Waals surface area contributed by atoms with Crippen molar-refractivity contribution in [2.75, 3.05) is 5.75 Å². The van der Waals surface area contributed by atoms with Crippen LogP contribution in [-0.2, 0) is 17.8 Å². The van der Waals surface area contributed by atoms with Gasteiger partial charge in [0.25, 0.3) is 0 Å². The van der Waals surface area contributed by atoms with Crippen LogP contribution in [0.4, 0.5) is 0 Å². The molecule has 6 heteroatoms. The predicted octanol–water partition coefficient (Wildman–Crippen LogP) is 4.60. The quantitative estimate of drug-likeness (QED) is 0.660. The first kappa shape index (κ1) is 19.9. The lowest BCUT2D eigenvalue weighted by Gasteiger charge is -2.56. The van der Waals surface area contributed by atoms with Crippen molar-refractivity contribution in [1.29, 1.82) is 0 Å². The molecule has 0 aliphatic heterocycles. The smallest absolute Gasteiger partial charge is 0.230 e. The number of thioether (sulfide) groups is 1. The van der Waals surface area contributed by atoms with Gasteiger partial charge in [0.1, 0.15) is 5.82 Å². The predicted molar refractivity (Wildman–Crippen MR) is 116 cm³/mol. The van der Waals surface area contributed by atoms with E-state index in [-0.39, 0.29) is 5.91 Å². The van der Waals surface area contributed by atoms with E-state index in [1.807, 2.05) is 0 Å². The van der Waals surface area contributed by atoms with Gasteiger partial charge >= 0.3 is 0 Å². The number of rotatable bonds is 7. The number of aromatic nitrogens is 3. The lowest BCUT2D eigenvalue weighted by molar-refractivity contribution is -0.119. The molecular weight excluding hydrogens is 380 g/mol. The van der Waals surface area contributed by atoms with Gasteiger partial charge in [-0.15, -0.1) is 10.2 Å². The number of nitrogens with zero attached hydrogens (tertiary/aromatic N) is 3. The summed E-state index contributed by atoms with van der Waals surface area (Å²) in [5.74, 6) is 4.66. The van der Waals surface area contributed by atoms with Gasteiger partial charge in [-0.1, -0.05) is 31.0 Å². The number of amides is 1. The Morgan fingerprint density at radius 2 is 1.72 bits per heavy atom. The summed E-state index contributed by atoms with van der Waals surface area (Å²) >= 11 is 1.56. The van der Waals surface area contributed by atoms with Crippen molar-refractivity contribution < 1.29 is 4.79 Å². The topological polar surface area (TPSA) is 59.8 Å². The van der Waals surface area contributed by atoms with Crippen molar-refractivity contribution in [2.24, 2.45) is 23.2 Å². The highest BCUT2D eigenvalue weighted by Gasteiger charge is 2.51. The van der Waals surface area contributed by atoms with E-state index < -0.39 is 0 Å². The van der Waals surface area contributed by atoms with E-state index in [2.05, 4.69) is 27.0 Å². The third kappa shape index (κ3) is 4.24. The van der Waals surface area contributed by atoms with Crippen LogP contribution in [0.3, 0.4) is 0 Å². The zero-order valence-corrected chi connectivity index (χ0v) is 18.7. The van der Waals surface area contributed by atoms with E-state index in [1.54, 1.807) is 11.8 Å². The normalized spacial score (nSPS) is 33.9. The van der Waals surface area contributed by atoms with E-state index in [0.29, 0.717) is 17.2 Å². The number of hydrogen-bond acceptors (Lipinski definition) is 4. The van der Waals surface area contributed by atoms with E-state index in [4.69, 9.17) is 0 Å². The second kappa shape index (κ2) is 8.24. The maximum Gasteiger partial charge on any atom is 0.230 e. The van der Waals surface area contributed by atoms with Gasteiger partial charge in [-0.25, -0.2) is 0 Å². The molecule has 1 N–H and O–H groups in total. The summed E-state index contributed by atoms with van der Waals surface area (Å²) < 4.78 is 2.27. The second-order valence-electron chi connectivity index (χ2n) is 10.4. The number of carbonyl (C=O) groups excluding carboxylic acids is 1. The van der Waals surface area contributed by atoms with Crippen molar-refractivity contribution in [3.05, 3.63) is 5.82 Å². The first-order chi connectivity index (χ1) is 14.1. The Morgan fingerprint density at radius 3 is 2.34 bits per heavy atom. The zero-order valence-electron chi connectivity index (χ0n) is 17.9. The molecule has 6 rings (SSSR count). The fourth-order valence-corrected chi connectivity index (χ4v) is 8.19. The van der Waals surface area contributed by atoms with E-state index in [1.165, 1.54) is 57.8 Å². The summed E-state index contributed by atoms with van der Waals surface area (Å²) in [4.78, 5) is 12.4. The lowest BCUT2D eigenvalue weighted by atomic mass is 9.49. The maximum absolute atomic E-state index is 12.4. The Bertz CT molecular complexity index is 704. The molecule has 0 aromatic carbocycles. The molecule has 5 aliphatic carbocycles. The molecule has 29 heavy (non-hydrogen) atoms. The highest BCUT2D eigenvalue weighted by molar-refractivity contribution is 7.99. The molecule has 0 atom stereocenters. The molecule has 5 fully saturated rings. The highest BCUT2D eigenvalue weighted by atomic mass is 32.2. The summed E-state index contributed by atoms with van der Waals surface area (Å²) in [6.45, 7) is 3.07. The third-order valence-corrected chi connectivity index (χ3v) is 9.08. The molecule has 0 saturated heterocycles. The van der Waals surface area contributed by atoms with Crippen LogP contribution in [0.25, 0.3) is 0 Å². The van der Waals surface area contributed by atoms with Crippen molar-refractivity contribution >= 4 is 17.7 Å². The average Bonchev–Trinajstić information content (AvgIpc) is 3.07. The fraction of sp³-hybridized carbons (Fsp3) is 0.870. The summed E-state index contributed by atoms with van der Waals surface area (Å²) in [5.41, 5.74) is 0.481. The average molecular weight is 417 g/mol. The standard InChI is InChI=1S/C23H36N4OS/c1-2-27-20(14-23-11-16-8-17(12-23)10-18(9-16)13-23)25-26-22(27)29-15-21(28)24-19-6-4-3-5-7-19/h16-19H,2-15H2,1H3,(H,24,28). The van der Waals surface area contributed by atoms with Crippen molar-refractivity contribution in [3.8, 4) is 0 Å². The molecule has 0 spiro atoms. The van der Waals surface area contributed by atoms with Crippen LogP contribution in [0.1, 0.15) is 83.4 Å².